The van der Waals surface area contributed by atoms with Gasteiger partial charge in [0.1, 0.15) is 5.01 Å². The summed E-state index contributed by atoms with van der Waals surface area (Å²) in [6.45, 7) is 0. The van der Waals surface area contributed by atoms with Gasteiger partial charge in [0.2, 0.25) is 4.73 Å². The number of fused-ring (bicyclic) bond motifs is 1. The Bertz CT molecular complexity index is 615. The van der Waals surface area contributed by atoms with E-state index in [0.29, 0.717) is 4.73 Å². The van der Waals surface area contributed by atoms with Crippen LogP contribution in [0.2, 0.25) is 0 Å². The van der Waals surface area contributed by atoms with Gasteiger partial charge in [-0.2, -0.15) is 9.47 Å². The third-order valence-corrected chi connectivity index (χ3v) is 3.40. The fourth-order valence-corrected chi connectivity index (χ4v) is 2.51. The van der Waals surface area contributed by atoms with Crippen molar-refractivity contribution < 1.29 is 0 Å². The molecule has 3 rings (SSSR count). The first-order valence-electron chi connectivity index (χ1n) is 4.26. The van der Waals surface area contributed by atoms with Crippen LogP contribution in [0.25, 0.3) is 16.1 Å². The van der Waals surface area contributed by atoms with Gasteiger partial charge in [-0.3, -0.25) is 0 Å². The topological polar surface area (TPSA) is 43.1 Å². The summed E-state index contributed by atoms with van der Waals surface area (Å²) in [4.78, 5) is 4.27. The third kappa shape index (κ3) is 1.46. The molecular weight excluding hydrogens is 276 g/mol. The molecule has 0 aliphatic heterocycles. The molecule has 3 heterocycles. The molecule has 15 heavy (non-hydrogen) atoms. The van der Waals surface area contributed by atoms with Gasteiger partial charge >= 0.3 is 0 Å². The summed E-state index contributed by atoms with van der Waals surface area (Å²) in [6.07, 6.45) is 3.72. The molecule has 0 fully saturated rings. The van der Waals surface area contributed by atoms with E-state index in [2.05, 4.69) is 30.4 Å². The fourth-order valence-electron chi connectivity index (χ4n) is 1.41. The number of halogens is 1. The van der Waals surface area contributed by atoms with Crippen molar-refractivity contribution in [2.24, 2.45) is 0 Å². The van der Waals surface area contributed by atoms with Gasteiger partial charge in [0, 0.05) is 6.20 Å². The monoisotopic (exact) mass is 280 g/mol. The lowest BCUT2D eigenvalue weighted by molar-refractivity contribution is 0.961. The smallest absolute Gasteiger partial charge is 0.209 e. The van der Waals surface area contributed by atoms with Crippen LogP contribution in [0.15, 0.2) is 35.3 Å². The van der Waals surface area contributed by atoms with Gasteiger partial charge in [-0.1, -0.05) is 6.07 Å². The van der Waals surface area contributed by atoms with Crippen molar-refractivity contribution in [2.75, 3.05) is 0 Å². The van der Waals surface area contributed by atoms with Crippen molar-refractivity contribution in [3.63, 3.8) is 0 Å². The van der Waals surface area contributed by atoms with E-state index in [9.17, 15) is 0 Å². The molecule has 0 radical (unpaired) electrons. The van der Waals surface area contributed by atoms with Gasteiger partial charge in [-0.25, -0.2) is 9.50 Å². The molecule has 0 bridgehead atoms. The molecule has 0 spiro atoms. The molecule has 0 N–H and O–H groups in total. The van der Waals surface area contributed by atoms with Crippen molar-refractivity contribution in [1.29, 1.82) is 0 Å². The summed E-state index contributed by atoms with van der Waals surface area (Å²) in [7, 11) is 0. The number of nitrogens with zero attached hydrogens (tertiary/aromatic N) is 4. The highest BCUT2D eigenvalue weighted by atomic mass is 79.9. The normalized spacial score (nSPS) is 11.0. The van der Waals surface area contributed by atoms with Crippen LogP contribution in [0.5, 0.6) is 0 Å². The van der Waals surface area contributed by atoms with Gasteiger partial charge in [-0.05, 0) is 39.6 Å². The van der Waals surface area contributed by atoms with Crippen LogP contribution in [0.1, 0.15) is 0 Å². The van der Waals surface area contributed by atoms with Crippen LogP contribution in [0, 0.1) is 0 Å². The number of pyridine rings is 1. The molecule has 0 saturated carbocycles. The van der Waals surface area contributed by atoms with E-state index in [1.807, 2.05) is 35.1 Å². The van der Waals surface area contributed by atoms with Crippen molar-refractivity contribution in [2.45, 2.75) is 0 Å². The molecule has 0 atom stereocenters. The first-order valence-corrected chi connectivity index (χ1v) is 5.83. The lowest BCUT2D eigenvalue weighted by Crippen LogP contribution is -1.83. The molecular formula is C9H5BrN4S. The van der Waals surface area contributed by atoms with Gasteiger partial charge in [-0.15, -0.1) is 0 Å². The zero-order chi connectivity index (χ0) is 10.3. The molecule has 0 aromatic carbocycles. The maximum absolute atomic E-state index is 4.27. The second-order valence-electron chi connectivity index (χ2n) is 2.96. The standard InChI is InChI=1S/C9H5BrN4S/c10-9-12-8(15-13-9)6-5-11-14-4-2-1-3-7(6)14/h1-5H. The van der Waals surface area contributed by atoms with Crippen molar-refractivity contribution >= 4 is 33.0 Å². The second-order valence-corrected chi connectivity index (χ2v) is 4.42. The lowest BCUT2D eigenvalue weighted by atomic mass is 10.3. The number of rotatable bonds is 1. The van der Waals surface area contributed by atoms with Crippen molar-refractivity contribution in [1.82, 2.24) is 19.0 Å². The quantitative estimate of drug-likeness (QED) is 0.688. The average Bonchev–Trinajstić information content (AvgIpc) is 2.83. The summed E-state index contributed by atoms with van der Waals surface area (Å²) in [5.41, 5.74) is 2.06. The highest BCUT2D eigenvalue weighted by Crippen LogP contribution is 2.26. The maximum Gasteiger partial charge on any atom is 0.209 e. The Morgan fingerprint density at radius 3 is 3.07 bits per heavy atom. The molecule has 0 unspecified atom stereocenters. The summed E-state index contributed by atoms with van der Waals surface area (Å²) in [6, 6.07) is 5.94. The minimum Gasteiger partial charge on any atom is -0.240 e. The van der Waals surface area contributed by atoms with E-state index >= 15 is 0 Å². The van der Waals surface area contributed by atoms with Crippen LogP contribution in [-0.2, 0) is 0 Å². The molecule has 3 aromatic heterocycles. The SMILES string of the molecule is Brc1nsc(-c2cnn3ccccc23)n1. The summed E-state index contributed by atoms with van der Waals surface area (Å²) in [5, 5.41) is 5.12. The average molecular weight is 281 g/mol. The van der Waals surface area contributed by atoms with E-state index in [-0.39, 0.29) is 0 Å². The molecule has 3 aromatic rings. The minimum absolute atomic E-state index is 0.623. The van der Waals surface area contributed by atoms with Crippen LogP contribution in [0.4, 0.5) is 0 Å². The molecule has 0 aliphatic rings. The van der Waals surface area contributed by atoms with Crippen LogP contribution < -0.4 is 0 Å². The number of aromatic nitrogens is 4. The highest BCUT2D eigenvalue weighted by molar-refractivity contribution is 9.10. The number of hydrogen-bond acceptors (Lipinski definition) is 4. The first kappa shape index (κ1) is 8.99. The van der Waals surface area contributed by atoms with E-state index in [1.54, 1.807) is 0 Å². The number of hydrogen-bond donors (Lipinski definition) is 0. The predicted molar refractivity (Wildman–Crippen MR) is 61.8 cm³/mol. The molecule has 0 aliphatic carbocycles. The van der Waals surface area contributed by atoms with E-state index in [0.717, 1.165) is 16.1 Å². The predicted octanol–water partition coefficient (Wildman–Crippen LogP) is 2.62. The Hall–Kier alpha value is -1.27. The second kappa shape index (κ2) is 3.39. The van der Waals surface area contributed by atoms with E-state index in [1.165, 1.54) is 11.5 Å². The Morgan fingerprint density at radius 2 is 2.27 bits per heavy atom. The molecule has 0 saturated heterocycles. The summed E-state index contributed by atoms with van der Waals surface area (Å²) >= 11 is 4.60. The van der Waals surface area contributed by atoms with Crippen molar-refractivity contribution in [3.8, 4) is 10.6 Å². The Kier molecular flexibility index (Phi) is 2.03. The summed E-state index contributed by atoms with van der Waals surface area (Å²) in [5.74, 6) is 0. The van der Waals surface area contributed by atoms with Crippen molar-refractivity contribution in [3.05, 3.63) is 35.3 Å². The zero-order valence-corrected chi connectivity index (χ0v) is 9.86. The largest absolute Gasteiger partial charge is 0.240 e. The third-order valence-electron chi connectivity index (χ3n) is 2.06. The van der Waals surface area contributed by atoms with Crippen LogP contribution in [0.3, 0.4) is 0 Å². The van der Waals surface area contributed by atoms with Crippen LogP contribution in [-0.4, -0.2) is 19.0 Å². The lowest BCUT2D eigenvalue weighted by Gasteiger charge is -1.92. The molecule has 74 valence electrons. The van der Waals surface area contributed by atoms with Gasteiger partial charge in [0.25, 0.3) is 0 Å². The maximum atomic E-state index is 4.27. The zero-order valence-electron chi connectivity index (χ0n) is 7.46. The molecule has 0 amide bonds. The Balaban J connectivity index is 2.27. The van der Waals surface area contributed by atoms with Gasteiger partial charge in [0.15, 0.2) is 0 Å². The van der Waals surface area contributed by atoms with Crippen LogP contribution >= 0.6 is 27.5 Å². The van der Waals surface area contributed by atoms with Gasteiger partial charge < -0.3 is 0 Å². The Labute approximate surface area is 97.9 Å². The highest BCUT2D eigenvalue weighted by Gasteiger charge is 2.10. The minimum atomic E-state index is 0.623. The first-order chi connectivity index (χ1) is 7.34. The Morgan fingerprint density at radius 1 is 1.33 bits per heavy atom. The van der Waals surface area contributed by atoms with E-state index < -0.39 is 0 Å². The van der Waals surface area contributed by atoms with Gasteiger partial charge in [0.05, 0.1) is 17.3 Å². The molecule has 6 heteroatoms. The van der Waals surface area contributed by atoms with E-state index in [4.69, 9.17) is 0 Å². The summed E-state index contributed by atoms with van der Waals surface area (Å²) < 4.78 is 6.54. The molecule has 4 nitrogen and oxygen atoms in total. The fraction of sp³-hybridized carbons (Fsp3) is 0.